The second kappa shape index (κ2) is 4.24. The molecule has 17 heavy (non-hydrogen) atoms. The minimum Gasteiger partial charge on any atom is -0.390 e. The van der Waals surface area contributed by atoms with E-state index in [0.29, 0.717) is 5.92 Å². The molecule has 1 saturated heterocycles. The summed E-state index contributed by atoms with van der Waals surface area (Å²) in [6.07, 6.45) is 5.18. The molecule has 1 N–H and O–H groups in total. The number of ether oxygens (including phenoxy) is 1. The molecule has 1 aliphatic carbocycles. The Hall–Kier alpha value is -0.0800. The van der Waals surface area contributed by atoms with Gasteiger partial charge in [-0.2, -0.15) is 0 Å². The van der Waals surface area contributed by atoms with Gasteiger partial charge in [0.1, 0.15) is 0 Å². The van der Waals surface area contributed by atoms with Crippen molar-refractivity contribution in [3.8, 4) is 0 Å². The van der Waals surface area contributed by atoms with Crippen LogP contribution in [-0.2, 0) is 4.74 Å². The summed E-state index contributed by atoms with van der Waals surface area (Å²) in [6, 6.07) is 0. The Morgan fingerprint density at radius 2 is 1.35 bits per heavy atom. The van der Waals surface area contributed by atoms with Crippen molar-refractivity contribution in [1.29, 1.82) is 0 Å². The molecule has 2 rings (SSSR count). The van der Waals surface area contributed by atoms with Crippen LogP contribution in [0.15, 0.2) is 0 Å². The minimum absolute atomic E-state index is 0.259. The molecule has 100 valence electrons. The van der Waals surface area contributed by atoms with Crippen LogP contribution in [0.4, 0.5) is 0 Å². The fraction of sp³-hybridized carbons (Fsp3) is 1.00. The van der Waals surface area contributed by atoms with Gasteiger partial charge in [0.05, 0.1) is 5.60 Å². The number of aliphatic hydroxyl groups is 1. The first-order valence-corrected chi connectivity index (χ1v) is 7.03. The molecule has 0 amide bonds. The maximum absolute atomic E-state index is 11.1. The predicted octanol–water partition coefficient (Wildman–Crippen LogP) is 3.38. The summed E-state index contributed by atoms with van der Waals surface area (Å²) in [7, 11) is 0. The normalized spacial score (nSPS) is 32.3. The Kier molecular flexibility index (Phi) is 3.33. The maximum atomic E-state index is 11.1. The summed E-state index contributed by atoms with van der Waals surface area (Å²) in [6.45, 7) is 10.9. The lowest BCUT2D eigenvalue weighted by Crippen LogP contribution is -2.51. The van der Waals surface area contributed by atoms with Crippen LogP contribution >= 0.6 is 0 Å². The van der Waals surface area contributed by atoms with Crippen LogP contribution < -0.4 is 0 Å². The van der Waals surface area contributed by atoms with Gasteiger partial charge in [0.15, 0.2) is 0 Å². The monoisotopic (exact) mass is 240 g/mol. The van der Waals surface area contributed by atoms with E-state index in [0.717, 1.165) is 38.9 Å². The molecule has 2 aliphatic rings. The Bertz CT molecular complexity index is 259. The third-order valence-electron chi connectivity index (χ3n) is 4.51. The lowest BCUT2D eigenvalue weighted by atomic mass is 9.56. The molecule has 1 aliphatic heterocycles. The van der Waals surface area contributed by atoms with E-state index in [1.54, 1.807) is 0 Å². The smallest absolute Gasteiger partial charge is 0.0687 e. The molecule has 0 spiro atoms. The fourth-order valence-corrected chi connectivity index (χ4v) is 4.66. The van der Waals surface area contributed by atoms with Gasteiger partial charge in [-0.3, -0.25) is 0 Å². The van der Waals surface area contributed by atoms with Gasteiger partial charge >= 0.3 is 0 Å². The van der Waals surface area contributed by atoms with Gasteiger partial charge in [-0.25, -0.2) is 0 Å². The number of rotatable bonds is 1. The van der Waals surface area contributed by atoms with Crippen LogP contribution in [0.2, 0.25) is 0 Å². The highest BCUT2D eigenvalue weighted by Gasteiger charge is 2.50. The zero-order valence-corrected chi connectivity index (χ0v) is 11.9. The van der Waals surface area contributed by atoms with Crippen LogP contribution in [0.3, 0.4) is 0 Å². The van der Waals surface area contributed by atoms with Crippen molar-refractivity contribution in [2.24, 2.45) is 16.7 Å². The van der Waals surface area contributed by atoms with E-state index in [-0.39, 0.29) is 10.8 Å². The van der Waals surface area contributed by atoms with Gasteiger partial charge in [-0.1, -0.05) is 27.7 Å². The van der Waals surface area contributed by atoms with Crippen molar-refractivity contribution in [1.82, 2.24) is 0 Å². The van der Waals surface area contributed by atoms with E-state index in [9.17, 15) is 5.11 Å². The van der Waals surface area contributed by atoms with Gasteiger partial charge in [-0.15, -0.1) is 0 Å². The van der Waals surface area contributed by atoms with Crippen LogP contribution in [0.5, 0.6) is 0 Å². The second-order valence-electron chi connectivity index (χ2n) is 7.85. The molecule has 0 unspecified atom stereocenters. The van der Waals surface area contributed by atoms with E-state index in [1.807, 2.05) is 0 Å². The molecular weight excluding hydrogens is 212 g/mol. The Morgan fingerprint density at radius 1 is 0.882 bits per heavy atom. The van der Waals surface area contributed by atoms with E-state index < -0.39 is 5.60 Å². The highest BCUT2D eigenvalue weighted by molar-refractivity contribution is 5.01. The average molecular weight is 240 g/mol. The van der Waals surface area contributed by atoms with Crippen molar-refractivity contribution < 1.29 is 9.84 Å². The van der Waals surface area contributed by atoms with Crippen LogP contribution in [-0.4, -0.2) is 23.9 Å². The number of hydrogen-bond donors (Lipinski definition) is 1. The van der Waals surface area contributed by atoms with E-state index >= 15 is 0 Å². The standard InChI is InChI=1S/C15H28O2/c1-13(2)9-14(3,4)11-15(16,10-13)12-5-7-17-8-6-12/h12,16H,5-11H2,1-4H3. The summed E-state index contributed by atoms with van der Waals surface area (Å²) in [5.41, 5.74) is 0.0542. The van der Waals surface area contributed by atoms with Crippen molar-refractivity contribution in [2.45, 2.75) is 65.4 Å². The third-order valence-corrected chi connectivity index (χ3v) is 4.51. The van der Waals surface area contributed by atoms with Crippen molar-refractivity contribution in [3.63, 3.8) is 0 Å². The summed E-state index contributed by atoms with van der Waals surface area (Å²) in [5, 5.41) is 11.1. The van der Waals surface area contributed by atoms with E-state index in [4.69, 9.17) is 4.74 Å². The first-order valence-electron chi connectivity index (χ1n) is 7.03. The second-order valence-corrected chi connectivity index (χ2v) is 7.85. The molecule has 0 aromatic carbocycles. The zero-order chi connectivity index (χ0) is 12.7. The largest absolute Gasteiger partial charge is 0.390 e. The lowest BCUT2D eigenvalue weighted by Gasteiger charge is -2.53. The van der Waals surface area contributed by atoms with Gasteiger partial charge < -0.3 is 9.84 Å². The number of hydrogen-bond acceptors (Lipinski definition) is 2. The first-order chi connectivity index (χ1) is 7.73. The summed E-state index contributed by atoms with van der Waals surface area (Å²) in [4.78, 5) is 0. The SMILES string of the molecule is CC1(C)CC(C)(C)CC(O)(C2CCOCC2)C1. The molecule has 0 atom stereocenters. The van der Waals surface area contributed by atoms with Crippen molar-refractivity contribution in [3.05, 3.63) is 0 Å². The molecule has 0 bridgehead atoms. The van der Waals surface area contributed by atoms with Crippen molar-refractivity contribution >= 4 is 0 Å². The molecule has 2 nitrogen and oxygen atoms in total. The van der Waals surface area contributed by atoms with E-state index in [2.05, 4.69) is 27.7 Å². The van der Waals surface area contributed by atoms with Gasteiger partial charge in [-0.05, 0) is 48.9 Å². The molecule has 1 saturated carbocycles. The molecule has 0 aromatic heterocycles. The van der Waals surface area contributed by atoms with Crippen molar-refractivity contribution in [2.75, 3.05) is 13.2 Å². The highest BCUT2D eigenvalue weighted by Crippen LogP contribution is 2.53. The predicted molar refractivity (Wildman–Crippen MR) is 69.9 cm³/mol. The molecule has 0 radical (unpaired) electrons. The maximum Gasteiger partial charge on any atom is 0.0687 e. The summed E-state index contributed by atoms with van der Waals surface area (Å²) >= 11 is 0. The van der Waals surface area contributed by atoms with Gasteiger partial charge in [0.25, 0.3) is 0 Å². The first kappa shape index (κ1) is 13.4. The molecule has 2 fully saturated rings. The van der Waals surface area contributed by atoms with Crippen LogP contribution in [0, 0.1) is 16.7 Å². The third kappa shape index (κ3) is 3.03. The quantitative estimate of drug-likeness (QED) is 0.761. The molecule has 2 heteroatoms. The fourth-order valence-electron chi connectivity index (χ4n) is 4.66. The minimum atomic E-state index is -0.463. The summed E-state index contributed by atoms with van der Waals surface area (Å²) < 4.78 is 5.43. The van der Waals surface area contributed by atoms with Gasteiger partial charge in [0.2, 0.25) is 0 Å². The molecule has 1 heterocycles. The zero-order valence-electron chi connectivity index (χ0n) is 11.9. The molecular formula is C15H28O2. The topological polar surface area (TPSA) is 29.5 Å². The van der Waals surface area contributed by atoms with Crippen LogP contribution in [0.25, 0.3) is 0 Å². The molecule has 0 aromatic rings. The lowest BCUT2D eigenvalue weighted by molar-refractivity contribution is -0.141. The Balaban J connectivity index is 2.17. The average Bonchev–Trinajstić information content (AvgIpc) is 2.13. The van der Waals surface area contributed by atoms with Crippen LogP contribution in [0.1, 0.15) is 59.8 Å². The Morgan fingerprint density at radius 3 is 1.82 bits per heavy atom. The van der Waals surface area contributed by atoms with Gasteiger partial charge in [0, 0.05) is 13.2 Å². The summed E-state index contributed by atoms with van der Waals surface area (Å²) in [5.74, 6) is 0.440. The highest BCUT2D eigenvalue weighted by atomic mass is 16.5. The Labute approximate surface area is 106 Å². The van der Waals surface area contributed by atoms with E-state index in [1.165, 1.54) is 6.42 Å².